The molecule has 1 aliphatic carbocycles. The summed E-state index contributed by atoms with van der Waals surface area (Å²) in [4.78, 5) is 4.41. The number of halogens is 1. The molecule has 106 valence electrons. The quantitative estimate of drug-likeness (QED) is 0.794. The molecule has 0 bridgehead atoms. The molecule has 3 nitrogen and oxygen atoms in total. The van der Waals surface area contributed by atoms with E-state index in [1.807, 2.05) is 34.9 Å². The second-order valence-electron chi connectivity index (χ2n) is 5.53. The summed E-state index contributed by atoms with van der Waals surface area (Å²) < 4.78 is 15.6. The molecule has 1 heterocycles. The van der Waals surface area contributed by atoms with E-state index >= 15 is 0 Å². The first-order valence-electron chi connectivity index (χ1n) is 7.25. The number of imidazole rings is 1. The summed E-state index contributed by atoms with van der Waals surface area (Å²) in [5, 5.41) is 3.45. The van der Waals surface area contributed by atoms with Crippen LogP contribution in [0.5, 0.6) is 0 Å². The Morgan fingerprint density at radius 2 is 2.05 bits per heavy atom. The summed E-state index contributed by atoms with van der Waals surface area (Å²) in [5.74, 6) is -0.198. The molecule has 0 saturated heterocycles. The minimum absolute atomic E-state index is 0.198. The summed E-state index contributed by atoms with van der Waals surface area (Å²) in [6.45, 7) is 0.685. The summed E-state index contributed by atoms with van der Waals surface area (Å²) in [7, 11) is 0. The van der Waals surface area contributed by atoms with Crippen LogP contribution >= 0.6 is 0 Å². The van der Waals surface area contributed by atoms with Gasteiger partial charge in [0.25, 0.3) is 0 Å². The van der Waals surface area contributed by atoms with Crippen molar-refractivity contribution >= 4 is 11.0 Å². The van der Waals surface area contributed by atoms with Crippen molar-refractivity contribution in [3.8, 4) is 5.69 Å². The minimum atomic E-state index is -0.198. The lowest BCUT2D eigenvalue weighted by molar-refractivity contribution is 0.618. The highest BCUT2D eigenvalue weighted by Gasteiger charge is 2.21. The van der Waals surface area contributed by atoms with E-state index in [0.29, 0.717) is 12.6 Å². The van der Waals surface area contributed by atoms with Crippen LogP contribution in [0.15, 0.2) is 48.8 Å². The first-order valence-corrected chi connectivity index (χ1v) is 7.25. The van der Waals surface area contributed by atoms with Gasteiger partial charge in [-0.25, -0.2) is 9.37 Å². The lowest BCUT2D eigenvalue weighted by Gasteiger charge is -2.12. The molecule has 0 spiro atoms. The lowest BCUT2D eigenvalue weighted by atomic mass is 10.1. The molecule has 0 radical (unpaired) electrons. The fourth-order valence-corrected chi connectivity index (χ4v) is 2.62. The Balaban J connectivity index is 1.79. The van der Waals surface area contributed by atoms with Gasteiger partial charge in [0.15, 0.2) is 0 Å². The van der Waals surface area contributed by atoms with Gasteiger partial charge in [0.2, 0.25) is 0 Å². The fraction of sp³-hybridized carbons (Fsp3) is 0.235. The fourth-order valence-electron chi connectivity index (χ4n) is 2.62. The van der Waals surface area contributed by atoms with Gasteiger partial charge in [0.05, 0.1) is 16.7 Å². The Hall–Kier alpha value is -2.20. The lowest BCUT2D eigenvalue weighted by Crippen LogP contribution is -2.17. The van der Waals surface area contributed by atoms with Crippen LogP contribution in [-0.4, -0.2) is 15.6 Å². The molecule has 0 atom stereocenters. The van der Waals surface area contributed by atoms with Crippen molar-refractivity contribution in [2.75, 3.05) is 0 Å². The zero-order valence-corrected chi connectivity index (χ0v) is 11.6. The molecule has 1 N–H and O–H groups in total. The van der Waals surface area contributed by atoms with Crippen molar-refractivity contribution in [1.29, 1.82) is 0 Å². The van der Waals surface area contributed by atoms with Crippen LogP contribution in [0.25, 0.3) is 16.7 Å². The smallest absolute Gasteiger partial charge is 0.123 e. The van der Waals surface area contributed by atoms with Gasteiger partial charge in [-0.15, -0.1) is 0 Å². The first-order chi connectivity index (χ1) is 10.3. The van der Waals surface area contributed by atoms with Gasteiger partial charge in [-0.05, 0) is 48.7 Å². The topological polar surface area (TPSA) is 29.9 Å². The standard InChI is InChI=1S/C17H16FN3/c18-13-5-8-16(12(9-13)10-19-14-6-7-14)21-11-20-15-3-1-2-4-17(15)21/h1-5,8-9,11,14,19H,6-7,10H2. The Morgan fingerprint density at radius 3 is 2.90 bits per heavy atom. The van der Waals surface area contributed by atoms with Gasteiger partial charge in [-0.2, -0.15) is 0 Å². The summed E-state index contributed by atoms with van der Waals surface area (Å²) in [6, 6.07) is 13.5. The second kappa shape index (κ2) is 4.97. The minimum Gasteiger partial charge on any atom is -0.310 e. The van der Waals surface area contributed by atoms with Crippen molar-refractivity contribution in [3.63, 3.8) is 0 Å². The number of fused-ring (bicyclic) bond motifs is 1. The molecule has 0 aliphatic heterocycles. The zero-order valence-electron chi connectivity index (χ0n) is 11.6. The van der Waals surface area contributed by atoms with Crippen molar-refractivity contribution in [2.45, 2.75) is 25.4 Å². The van der Waals surface area contributed by atoms with E-state index in [1.165, 1.54) is 18.9 Å². The van der Waals surface area contributed by atoms with E-state index < -0.39 is 0 Å². The molecule has 21 heavy (non-hydrogen) atoms. The molecule has 4 rings (SSSR count). The maximum atomic E-state index is 13.6. The predicted molar refractivity (Wildman–Crippen MR) is 80.9 cm³/mol. The Bertz CT molecular complexity index is 790. The van der Waals surface area contributed by atoms with Crippen LogP contribution < -0.4 is 5.32 Å². The average molecular weight is 281 g/mol. The number of benzene rings is 2. The maximum absolute atomic E-state index is 13.6. The van der Waals surface area contributed by atoms with Crippen LogP contribution in [0.2, 0.25) is 0 Å². The summed E-state index contributed by atoms with van der Waals surface area (Å²) >= 11 is 0. The largest absolute Gasteiger partial charge is 0.310 e. The highest BCUT2D eigenvalue weighted by Crippen LogP contribution is 2.24. The first kappa shape index (κ1) is 12.5. The molecule has 3 aromatic rings. The third-order valence-electron chi connectivity index (χ3n) is 3.91. The maximum Gasteiger partial charge on any atom is 0.123 e. The third-order valence-corrected chi connectivity index (χ3v) is 3.91. The van der Waals surface area contributed by atoms with Crippen LogP contribution in [-0.2, 0) is 6.54 Å². The molecule has 1 saturated carbocycles. The van der Waals surface area contributed by atoms with Gasteiger partial charge >= 0.3 is 0 Å². The average Bonchev–Trinajstić information content (AvgIpc) is 3.24. The SMILES string of the molecule is Fc1ccc(-n2cnc3ccccc32)c(CNC2CC2)c1. The predicted octanol–water partition coefficient (Wildman–Crippen LogP) is 3.42. The van der Waals surface area contributed by atoms with E-state index in [4.69, 9.17) is 0 Å². The molecule has 1 fully saturated rings. The van der Waals surface area contributed by atoms with E-state index in [2.05, 4.69) is 10.3 Å². The number of rotatable bonds is 4. The van der Waals surface area contributed by atoms with Gasteiger partial charge < -0.3 is 5.32 Å². The molecular formula is C17H16FN3. The zero-order chi connectivity index (χ0) is 14.2. The van der Waals surface area contributed by atoms with E-state index in [1.54, 1.807) is 12.4 Å². The molecule has 0 unspecified atom stereocenters. The molecular weight excluding hydrogens is 265 g/mol. The number of hydrogen-bond acceptors (Lipinski definition) is 2. The molecule has 0 amide bonds. The van der Waals surface area contributed by atoms with E-state index in [0.717, 1.165) is 22.3 Å². The van der Waals surface area contributed by atoms with Gasteiger partial charge in [0, 0.05) is 12.6 Å². The summed E-state index contributed by atoms with van der Waals surface area (Å²) in [5.41, 5.74) is 3.93. The number of para-hydroxylation sites is 2. The third kappa shape index (κ3) is 2.43. The normalized spacial score (nSPS) is 14.7. The Morgan fingerprint density at radius 1 is 1.19 bits per heavy atom. The Labute approximate surface area is 122 Å². The molecule has 4 heteroatoms. The van der Waals surface area contributed by atoms with Gasteiger partial charge in [-0.3, -0.25) is 4.57 Å². The molecule has 1 aliphatic rings. The highest BCUT2D eigenvalue weighted by molar-refractivity contribution is 5.77. The van der Waals surface area contributed by atoms with Gasteiger partial charge in [0.1, 0.15) is 12.1 Å². The van der Waals surface area contributed by atoms with Crippen LogP contribution in [0.4, 0.5) is 4.39 Å². The molecule has 2 aromatic carbocycles. The van der Waals surface area contributed by atoms with Gasteiger partial charge in [-0.1, -0.05) is 12.1 Å². The van der Waals surface area contributed by atoms with Crippen LogP contribution in [0.1, 0.15) is 18.4 Å². The monoisotopic (exact) mass is 281 g/mol. The van der Waals surface area contributed by atoms with E-state index in [-0.39, 0.29) is 5.82 Å². The van der Waals surface area contributed by atoms with Crippen molar-refractivity contribution < 1.29 is 4.39 Å². The molecule has 1 aromatic heterocycles. The van der Waals surface area contributed by atoms with Crippen molar-refractivity contribution in [3.05, 3.63) is 60.2 Å². The number of aromatic nitrogens is 2. The van der Waals surface area contributed by atoms with Crippen LogP contribution in [0, 0.1) is 5.82 Å². The van der Waals surface area contributed by atoms with Crippen molar-refractivity contribution in [2.24, 2.45) is 0 Å². The van der Waals surface area contributed by atoms with E-state index in [9.17, 15) is 4.39 Å². The number of nitrogens with zero attached hydrogens (tertiary/aromatic N) is 2. The van der Waals surface area contributed by atoms with Crippen molar-refractivity contribution in [1.82, 2.24) is 14.9 Å². The van der Waals surface area contributed by atoms with Crippen LogP contribution in [0.3, 0.4) is 0 Å². The number of hydrogen-bond donors (Lipinski definition) is 1. The second-order valence-corrected chi connectivity index (χ2v) is 5.53. The summed E-state index contributed by atoms with van der Waals surface area (Å²) in [6.07, 6.45) is 4.25. The number of nitrogens with one attached hydrogen (secondary N) is 1. The Kier molecular flexibility index (Phi) is 2.97. The highest BCUT2D eigenvalue weighted by atomic mass is 19.1.